The van der Waals surface area contributed by atoms with Crippen LogP contribution in [-0.2, 0) is 0 Å². The number of aromatic nitrogens is 1. The highest BCUT2D eigenvalue weighted by molar-refractivity contribution is 6.07. The molecule has 1 amide bonds. The second kappa shape index (κ2) is 4.44. The smallest absolute Gasteiger partial charge is 0.259 e. The molecule has 3 N–H and O–H groups in total. The van der Waals surface area contributed by atoms with E-state index in [0.717, 1.165) is 5.69 Å². The van der Waals surface area contributed by atoms with Crippen molar-refractivity contribution in [3.8, 4) is 0 Å². The number of nitrogens with two attached hydrogens (primary N) is 1. The summed E-state index contributed by atoms with van der Waals surface area (Å²) >= 11 is 0. The van der Waals surface area contributed by atoms with Gasteiger partial charge in [0, 0.05) is 11.9 Å². The van der Waals surface area contributed by atoms with Gasteiger partial charge in [0.1, 0.15) is 5.82 Å². The fourth-order valence-corrected chi connectivity index (χ4v) is 1.33. The van der Waals surface area contributed by atoms with E-state index < -0.39 is 0 Å². The maximum absolute atomic E-state index is 11.8. The van der Waals surface area contributed by atoms with Gasteiger partial charge in [-0.3, -0.25) is 4.79 Å². The summed E-state index contributed by atoms with van der Waals surface area (Å²) in [5.41, 5.74) is 6.72. The fraction of sp³-hybridized carbons (Fsp3) is 0. The lowest BCUT2D eigenvalue weighted by atomic mass is 10.2. The number of rotatable bonds is 2. The minimum Gasteiger partial charge on any atom is -0.383 e. The first-order valence-corrected chi connectivity index (χ1v) is 4.84. The highest BCUT2D eigenvalue weighted by Gasteiger charge is 2.09. The number of benzene rings is 1. The molecule has 1 aromatic carbocycles. The Balaban J connectivity index is 2.19. The van der Waals surface area contributed by atoms with Crippen molar-refractivity contribution < 1.29 is 4.79 Å². The van der Waals surface area contributed by atoms with Gasteiger partial charge in [-0.1, -0.05) is 18.2 Å². The molecule has 0 atom stereocenters. The van der Waals surface area contributed by atoms with Crippen LogP contribution in [0.4, 0.5) is 11.5 Å². The minimum absolute atomic E-state index is 0.232. The molecule has 1 aromatic heterocycles. The number of nitrogens with one attached hydrogen (secondary N) is 1. The van der Waals surface area contributed by atoms with Crippen LogP contribution in [0.25, 0.3) is 0 Å². The van der Waals surface area contributed by atoms with Crippen LogP contribution in [0.15, 0.2) is 48.7 Å². The summed E-state index contributed by atoms with van der Waals surface area (Å²) in [4.78, 5) is 15.7. The molecular formula is C12H11N3O. The average molecular weight is 213 g/mol. The lowest BCUT2D eigenvalue weighted by molar-refractivity contribution is 0.102. The van der Waals surface area contributed by atoms with E-state index in [9.17, 15) is 4.79 Å². The van der Waals surface area contributed by atoms with Crippen molar-refractivity contribution in [1.82, 2.24) is 4.98 Å². The first-order chi connectivity index (χ1) is 7.77. The third-order valence-corrected chi connectivity index (χ3v) is 2.11. The standard InChI is InChI=1S/C12H11N3O/c13-11-10(7-4-8-14-11)12(16)15-9-5-2-1-3-6-9/h1-8H,(H2,13,14)(H,15,16). The molecule has 0 unspecified atom stereocenters. The van der Waals surface area contributed by atoms with Gasteiger partial charge in [-0.2, -0.15) is 0 Å². The van der Waals surface area contributed by atoms with Crippen LogP contribution in [0.3, 0.4) is 0 Å². The molecule has 0 radical (unpaired) electrons. The summed E-state index contributed by atoms with van der Waals surface area (Å²) in [5.74, 6) is -0.0206. The molecule has 16 heavy (non-hydrogen) atoms. The van der Waals surface area contributed by atoms with Crippen molar-refractivity contribution in [2.75, 3.05) is 11.1 Å². The highest BCUT2D eigenvalue weighted by Crippen LogP contribution is 2.11. The fourth-order valence-electron chi connectivity index (χ4n) is 1.33. The molecule has 2 aromatic rings. The van der Waals surface area contributed by atoms with Gasteiger partial charge >= 0.3 is 0 Å². The van der Waals surface area contributed by atoms with E-state index in [1.165, 1.54) is 0 Å². The number of anilines is 2. The van der Waals surface area contributed by atoms with E-state index in [1.807, 2.05) is 30.3 Å². The monoisotopic (exact) mass is 213 g/mol. The van der Waals surface area contributed by atoms with Gasteiger partial charge in [-0.15, -0.1) is 0 Å². The maximum Gasteiger partial charge on any atom is 0.259 e. The topological polar surface area (TPSA) is 68.0 Å². The largest absolute Gasteiger partial charge is 0.383 e. The predicted molar refractivity (Wildman–Crippen MR) is 63.0 cm³/mol. The van der Waals surface area contributed by atoms with Gasteiger partial charge in [0.05, 0.1) is 5.56 Å². The van der Waals surface area contributed by atoms with Crippen molar-refractivity contribution in [3.05, 3.63) is 54.2 Å². The number of amides is 1. The van der Waals surface area contributed by atoms with E-state index >= 15 is 0 Å². The number of nitrogen functional groups attached to an aromatic ring is 1. The van der Waals surface area contributed by atoms with E-state index in [1.54, 1.807) is 18.3 Å². The Hall–Kier alpha value is -2.36. The van der Waals surface area contributed by atoms with Crippen LogP contribution in [0, 0.1) is 0 Å². The number of hydrogen-bond acceptors (Lipinski definition) is 3. The molecular weight excluding hydrogens is 202 g/mol. The Kier molecular flexibility index (Phi) is 2.82. The van der Waals surface area contributed by atoms with Crippen molar-refractivity contribution in [2.24, 2.45) is 0 Å². The molecule has 2 rings (SSSR count). The summed E-state index contributed by atoms with van der Waals surface area (Å²) in [6.45, 7) is 0. The number of pyridine rings is 1. The number of para-hydroxylation sites is 1. The molecule has 0 saturated carbocycles. The molecule has 0 bridgehead atoms. The SMILES string of the molecule is Nc1ncccc1C(=O)Nc1ccccc1. The molecule has 0 aliphatic heterocycles. The van der Waals surface area contributed by atoms with Crippen LogP contribution in [0.1, 0.15) is 10.4 Å². The lowest BCUT2D eigenvalue weighted by Gasteiger charge is -2.05. The summed E-state index contributed by atoms with van der Waals surface area (Å²) in [7, 11) is 0. The van der Waals surface area contributed by atoms with Gasteiger partial charge in [-0.25, -0.2) is 4.98 Å². The summed E-state index contributed by atoms with van der Waals surface area (Å²) < 4.78 is 0. The van der Waals surface area contributed by atoms with E-state index in [2.05, 4.69) is 10.3 Å². The Bertz CT molecular complexity index is 497. The minimum atomic E-state index is -0.253. The number of nitrogens with zero attached hydrogens (tertiary/aromatic N) is 1. The third-order valence-electron chi connectivity index (χ3n) is 2.11. The Morgan fingerprint density at radius 1 is 1.12 bits per heavy atom. The van der Waals surface area contributed by atoms with Gasteiger partial charge < -0.3 is 11.1 Å². The first-order valence-electron chi connectivity index (χ1n) is 4.84. The van der Waals surface area contributed by atoms with Crippen LogP contribution >= 0.6 is 0 Å². The molecule has 0 spiro atoms. The molecule has 80 valence electrons. The van der Waals surface area contributed by atoms with Gasteiger partial charge in [-0.05, 0) is 24.3 Å². The normalized spacial score (nSPS) is 9.75. The van der Waals surface area contributed by atoms with Gasteiger partial charge in [0.15, 0.2) is 0 Å². The predicted octanol–water partition coefficient (Wildman–Crippen LogP) is 1.92. The summed E-state index contributed by atoms with van der Waals surface area (Å²) in [5, 5.41) is 2.74. The van der Waals surface area contributed by atoms with Crippen LogP contribution in [0.5, 0.6) is 0 Å². The van der Waals surface area contributed by atoms with E-state index in [4.69, 9.17) is 5.73 Å². The third kappa shape index (κ3) is 2.17. The summed E-state index contributed by atoms with van der Waals surface area (Å²) in [6, 6.07) is 12.5. The number of carbonyl (C=O) groups is 1. The molecule has 0 saturated heterocycles. The van der Waals surface area contributed by atoms with Gasteiger partial charge in [0.2, 0.25) is 0 Å². The molecule has 1 heterocycles. The Morgan fingerprint density at radius 2 is 1.88 bits per heavy atom. The number of hydrogen-bond donors (Lipinski definition) is 2. The van der Waals surface area contributed by atoms with Gasteiger partial charge in [0.25, 0.3) is 5.91 Å². The van der Waals surface area contributed by atoms with Crippen molar-refractivity contribution in [3.63, 3.8) is 0 Å². The number of carbonyl (C=O) groups excluding carboxylic acids is 1. The van der Waals surface area contributed by atoms with Crippen molar-refractivity contribution in [1.29, 1.82) is 0 Å². The van der Waals surface area contributed by atoms with E-state index in [0.29, 0.717) is 5.56 Å². The van der Waals surface area contributed by atoms with Crippen molar-refractivity contribution >= 4 is 17.4 Å². The van der Waals surface area contributed by atoms with Crippen molar-refractivity contribution in [2.45, 2.75) is 0 Å². The first kappa shape index (κ1) is 10.2. The van der Waals surface area contributed by atoms with Crippen LogP contribution in [0.2, 0.25) is 0 Å². The zero-order chi connectivity index (χ0) is 11.4. The van der Waals surface area contributed by atoms with E-state index in [-0.39, 0.29) is 11.7 Å². The maximum atomic E-state index is 11.8. The van der Waals surface area contributed by atoms with Crippen LogP contribution < -0.4 is 11.1 Å². The quantitative estimate of drug-likeness (QED) is 0.800. The Labute approximate surface area is 93.1 Å². The zero-order valence-electron chi connectivity index (χ0n) is 8.55. The molecule has 0 aliphatic rings. The lowest BCUT2D eigenvalue weighted by Crippen LogP contribution is -2.14. The Morgan fingerprint density at radius 3 is 2.56 bits per heavy atom. The second-order valence-electron chi connectivity index (χ2n) is 3.26. The zero-order valence-corrected chi connectivity index (χ0v) is 8.55. The molecule has 4 nitrogen and oxygen atoms in total. The second-order valence-corrected chi connectivity index (χ2v) is 3.26. The summed E-state index contributed by atoms with van der Waals surface area (Å²) in [6.07, 6.45) is 1.55. The molecule has 0 fully saturated rings. The molecule has 4 heteroatoms. The molecule has 0 aliphatic carbocycles. The van der Waals surface area contributed by atoms with Crippen LogP contribution in [-0.4, -0.2) is 10.9 Å². The highest BCUT2D eigenvalue weighted by atomic mass is 16.1. The average Bonchev–Trinajstić information content (AvgIpc) is 2.31.